The van der Waals surface area contributed by atoms with E-state index in [4.69, 9.17) is 0 Å². The van der Waals surface area contributed by atoms with Crippen LogP contribution in [0.1, 0.15) is 48.2 Å². The van der Waals surface area contributed by atoms with E-state index in [9.17, 15) is 14.4 Å². The molecule has 0 saturated heterocycles. The highest BCUT2D eigenvalue weighted by atomic mass is 32.2. The molecule has 0 bridgehead atoms. The number of benzene rings is 1. The average molecular weight is 431 g/mol. The van der Waals surface area contributed by atoms with E-state index in [0.717, 1.165) is 5.56 Å². The van der Waals surface area contributed by atoms with Gasteiger partial charge in [-0.2, -0.15) is 5.10 Å². The number of methoxy groups -OCH3 is 1. The number of nitrogens with zero attached hydrogens (tertiary/aromatic N) is 2. The van der Waals surface area contributed by atoms with Crippen LogP contribution in [0.25, 0.3) is 0 Å². The first kappa shape index (κ1) is 21.9. The van der Waals surface area contributed by atoms with Crippen molar-refractivity contribution in [3.05, 3.63) is 35.5 Å². The zero-order valence-electron chi connectivity index (χ0n) is 17.4. The van der Waals surface area contributed by atoms with Gasteiger partial charge in [0.15, 0.2) is 5.82 Å². The lowest BCUT2D eigenvalue weighted by atomic mass is 10.0. The summed E-state index contributed by atoms with van der Waals surface area (Å²) < 4.78 is 5.91. The summed E-state index contributed by atoms with van der Waals surface area (Å²) in [6.07, 6.45) is 6.39. The minimum Gasteiger partial charge on any atom is -0.464 e. The molecule has 30 heavy (non-hydrogen) atoms. The van der Waals surface area contributed by atoms with E-state index in [2.05, 4.69) is 20.5 Å². The predicted octanol–water partition coefficient (Wildman–Crippen LogP) is 3.52. The lowest BCUT2D eigenvalue weighted by Gasteiger charge is -2.21. The molecule has 0 radical (unpaired) electrons. The Labute approximate surface area is 179 Å². The highest BCUT2D eigenvalue weighted by Gasteiger charge is 2.20. The topological polar surface area (TPSA) is 102 Å². The summed E-state index contributed by atoms with van der Waals surface area (Å²) in [5.41, 5.74) is 1.64. The van der Waals surface area contributed by atoms with Gasteiger partial charge in [-0.25, -0.2) is 4.79 Å². The fourth-order valence-electron chi connectivity index (χ4n) is 3.40. The Morgan fingerprint density at radius 3 is 2.47 bits per heavy atom. The third-order valence-corrected chi connectivity index (χ3v) is 6.35. The second kappa shape index (κ2) is 9.80. The van der Waals surface area contributed by atoms with E-state index >= 15 is 0 Å². The van der Waals surface area contributed by atoms with Crippen molar-refractivity contribution in [2.24, 2.45) is 7.05 Å². The Kier molecular flexibility index (Phi) is 7.15. The van der Waals surface area contributed by atoms with Crippen LogP contribution >= 0.6 is 11.8 Å². The van der Waals surface area contributed by atoms with E-state index in [1.807, 2.05) is 36.9 Å². The summed E-state index contributed by atoms with van der Waals surface area (Å²) >= 11 is 1.88. The van der Waals surface area contributed by atoms with Crippen LogP contribution in [0.4, 0.5) is 11.5 Å². The van der Waals surface area contributed by atoms with E-state index in [1.165, 1.54) is 61.9 Å². The maximum atomic E-state index is 12.3. The highest BCUT2D eigenvalue weighted by molar-refractivity contribution is 8.00. The zero-order valence-corrected chi connectivity index (χ0v) is 18.2. The number of esters is 1. The van der Waals surface area contributed by atoms with Crippen molar-refractivity contribution in [2.75, 3.05) is 17.7 Å². The molecule has 0 spiro atoms. The number of hydrogen-bond acceptors (Lipinski definition) is 6. The number of hydrogen-bond donors (Lipinski definition) is 2. The Morgan fingerprint density at radius 1 is 1.10 bits per heavy atom. The van der Waals surface area contributed by atoms with Gasteiger partial charge in [0.1, 0.15) is 5.69 Å². The lowest BCUT2D eigenvalue weighted by molar-refractivity contribution is -0.133. The normalized spacial score (nSPS) is 14.2. The standard InChI is InChI=1S/C21H26N4O4S/c1-13-11-15(30-14-7-5-4-6-8-14)9-10-16(13)22-19(26)20(27)23-18-12-17(21(28)29-3)25(2)24-18/h9-12,14H,4-8H2,1-3H3,(H,22,26)(H,23,24,27). The van der Waals surface area contributed by atoms with Crippen molar-refractivity contribution in [1.29, 1.82) is 0 Å². The van der Waals surface area contributed by atoms with Crippen LogP contribution < -0.4 is 10.6 Å². The molecular weight excluding hydrogens is 404 g/mol. The van der Waals surface area contributed by atoms with Crippen LogP contribution in [-0.4, -0.2) is 39.9 Å². The van der Waals surface area contributed by atoms with Gasteiger partial charge in [0.25, 0.3) is 0 Å². The van der Waals surface area contributed by atoms with Gasteiger partial charge >= 0.3 is 17.8 Å². The van der Waals surface area contributed by atoms with Crippen molar-refractivity contribution in [2.45, 2.75) is 49.2 Å². The first-order valence-electron chi connectivity index (χ1n) is 9.89. The van der Waals surface area contributed by atoms with Gasteiger partial charge in [0.2, 0.25) is 0 Å². The quantitative estimate of drug-likeness (QED) is 0.556. The maximum Gasteiger partial charge on any atom is 0.356 e. The van der Waals surface area contributed by atoms with Gasteiger partial charge in [-0.3, -0.25) is 14.3 Å². The zero-order chi connectivity index (χ0) is 21.7. The summed E-state index contributed by atoms with van der Waals surface area (Å²) in [7, 11) is 2.79. The number of aromatic nitrogens is 2. The molecule has 1 aliphatic rings. The molecule has 0 atom stereocenters. The summed E-state index contributed by atoms with van der Waals surface area (Å²) in [6, 6.07) is 7.18. The number of aryl methyl sites for hydroxylation is 2. The molecule has 8 nitrogen and oxygen atoms in total. The monoisotopic (exact) mass is 430 g/mol. The molecule has 2 aromatic rings. The van der Waals surface area contributed by atoms with Crippen LogP contribution in [0.5, 0.6) is 0 Å². The molecule has 1 heterocycles. The first-order valence-corrected chi connectivity index (χ1v) is 10.8. The molecule has 2 amide bonds. The van der Waals surface area contributed by atoms with Gasteiger partial charge in [-0.15, -0.1) is 11.8 Å². The molecule has 1 aliphatic carbocycles. The number of anilines is 2. The summed E-state index contributed by atoms with van der Waals surface area (Å²) in [5, 5.41) is 9.67. The number of thioether (sulfide) groups is 1. The Hall–Kier alpha value is -2.81. The van der Waals surface area contributed by atoms with E-state index in [0.29, 0.717) is 10.9 Å². The van der Waals surface area contributed by atoms with E-state index < -0.39 is 17.8 Å². The molecule has 1 fully saturated rings. The maximum absolute atomic E-state index is 12.3. The minimum absolute atomic E-state index is 0.0917. The molecule has 3 rings (SSSR count). The van der Waals surface area contributed by atoms with Crippen molar-refractivity contribution >= 4 is 41.1 Å². The molecular formula is C21H26N4O4S. The second-order valence-electron chi connectivity index (χ2n) is 7.29. The second-order valence-corrected chi connectivity index (χ2v) is 8.67. The van der Waals surface area contributed by atoms with Crippen LogP contribution in [0.2, 0.25) is 0 Å². The van der Waals surface area contributed by atoms with Gasteiger partial charge in [-0.1, -0.05) is 19.3 Å². The fraction of sp³-hybridized carbons (Fsp3) is 0.429. The Morgan fingerprint density at radius 2 is 1.80 bits per heavy atom. The van der Waals surface area contributed by atoms with Gasteiger partial charge in [0, 0.05) is 28.9 Å². The van der Waals surface area contributed by atoms with Crippen LogP contribution in [0.3, 0.4) is 0 Å². The lowest BCUT2D eigenvalue weighted by Crippen LogP contribution is -2.29. The van der Waals surface area contributed by atoms with Crippen LogP contribution in [0, 0.1) is 6.92 Å². The molecule has 160 valence electrons. The van der Waals surface area contributed by atoms with Gasteiger partial charge in [0.05, 0.1) is 7.11 Å². The van der Waals surface area contributed by atoms with Crippen molar-refractivity contribution in [3.63, 3.8) is 0 Å². The van der Waals surface area contributed by atoms with Gasteiger partial charge < -0.3 is 15.4 Å². The van der Waals surface area contributed by atoms with E-state index in [1.54, 1.807) is 0 Å². The van der Waals surface area contributed by atoms with Crippen molar-refractivity contribution < 1.29 is 19.1 Å². The predicted molar refractivity (Wildman–Crippen MR) is 116 cm³/mol. The number of rotatable bonds is 5. The molecule has 0 aliphatic heterocycles. The van der Waals surface area contributed by atoms with Gasteiger partial charge in [-0.05, 0) is 43.5 Å². The number of amides is 2. The number of carbonyl (C=O) groups excluding carboxylic acids is 3. The van der Waals surface area contributed by atoms with Crippen LogP contribution in [-0.2, 0) is 21.4 Å². The minimum atomic E-state index is -0.871. The SMILES string of the molecule is COC(=O)c1cc(NC(=O)C(=O)Nc2ccc(SC3CCCCC3)cc2C)nn1C. The Balaban J connectivity index is 1.59. The first-order chi connectivity index (χ1) is 14.4. The molecule has 0 unspecified atom stereocenters. The number of ether oxygens (including phenoxy) is 1. The summed E-state index contributed by atoms with van der Waals surface area (Å²) in [5.74, 6) is -2.17. The Bertz CT molecular complexity index is 950. The third kappa shape index (κ3) is 5.41. The summed E-state index contributed by atoms with van der Waals surface area (Å²) in [4.78, 5) is 37.3. The van der Waals surface area contributed by atoms with Crippen molar-refractivity contribution in [1.82, 2.24) is 9.78 Å². The largest absolute Gasteiger partial charge is 0.464 e. The molecule has 1 aromatic carbocycles. The smallest absolute Gasteiger partial charge is 0.356 e. The highest BCUT2D eigenvalue weighted by Crippen LogP contribution is 2.34. The molecule has 9 heteroatoms. The van der Waals surface area contributed by atoms with Crippen molar-refractivity contribution in [3.8, 4) is 0 Å². The molecule has 1 aromatic heterocycles. The van der Waals surface area contributed by atoms with E-state index in [-0.39, 0.29) is 11.5 Å². The fourth-order valence-corrected chi connectivity index (χ4v) is 4.75. The molecule has 2 N–H and O–H groups in total. The van der Waals surface area contributed by atoms with Crippen LogP contribution in [0.15, 0.2) is 29.2 Å². The number of carbonyl (C=O) groups is 3. The third-order valence-electron chi connectivity index (χ3n) is 5.02. The average Bonchev–Trinajstić information content (AvgIpc) is 3.10. The number of nitrogens with one attached hydrogen (secondary N) is 2. The summed E-state index contributed by atoms with van der Waals surface area (Å²) in [6.45, 7) is 1.90. The molecule has 1 saturated carbocycles.